The maximum Gasteiger partial charge on any atom is 0.229 e. The van der Waals surface area contributed by atoms with Crippen LogP contribution in [0.15, 0.2) is 10.7 Å². The highest BCUT2D eigenvalue weighted by Crippen LogP contribution is 2.32. The summed E-state index contributed by atoms with van der Waals surface area (Å²) < 4.78 is 0.836. The number of nitrogen functional groups attached to an aromatic ring is 1. The molecule has 6 heteroatoms. The largest absolute Gasteiger partial charge is 0.395 e. The van der Waals surface area contributed by atoms with Crippen LogP contribution in [0.5, 0.6) is 0 Å². The van der Waals surface area contributed by atoms with Crippen molar-refractivity contribution >= 4 is 44.9 Å². The van der Waals surface area contributed by atoms with Gasteiger partial charge < -0.3 is 5.73 Å². The number of rotatable bonds is 1. The van der Waals surface area contributed by atoms with Crippen molar-refractivity contribution in [3.63, 3.8) is 0 Å². The second kappa shape index (κ2) is 4.22. The highest BCUT2D eigenvalue weighted by atomic mass is 79.9. The van der Waals surface area contributed by atoms with Gasteiger partial charge >= 0.3 is 0 Å². The van der Waals surface area contributed by atoms with Crippen LogP contribution < -0.4 is 10.6 Å². The van der Waals surface area contributed by atoms with Gasteiger partial charge in [-0.15, -0.1) is 11.6 Å². The molecule has 2 rings (SSSR count). The number of hydrogen-bond donors (Lipinski definition) is 1. The first kappa shape index (κ1) is 11.7. The number of aromatic nitrogens is 1. The first-order valence-electron chi connectivity index (χ1n) is 4.85. The fourth-order valence-electron chi connectivity index (χ4n) is 1.66. The van der Waals surface area contributed by atoms with Crippen molar-refractivity contribution in [2.24, 2.45) is 0 Å². The van der Waals surface area contributed by atoms with E-state index in [2.05, 4.69) is 20.9 Å². The number of carbonyl (C=O) groups is 1. The lowest BCUT2D eigenvalue weighted by Gasteiger charge is -2.18. The number of nitrogens with two attached hydrogens (primary N) is 1. The summed E-state index contributed by atoms with van der Waals surface area (Å²) >= 11 is 9.28. The van der Waals surface area contributed by atoms with Crippen molar-refractivity contribution in [1.82, 2.24) is 4.98 Å². The summed E-state index contributed by atoms with van der Waals surface area (Å²) in [5.41, 5.74) is 7.35. The number of halogens is 2. The summed E-state index contributed by atoms with van der Waals surface area (Å²) in [6.07, 6.45) is 1.99. The van der Waals surface area contributed by atoms with Gasteiger partial charge in [-0.1, -0.05) is 0 Å². The van der Waals surface area contributed by atoms with Crippen LogP contribution in [0.1, 0.15) is 12.0 Å². The standard InChI is InChI=1S/C10H11BrClN3O/c1-5-7(11)3-14-10(9(5)13)15-4-6(12)2-8(15)16/h3,6H,2,4,13H2,1H3. The lowest BCUT2D eigenvalue weighted by Crippen LogP contribution is -2.27. The summed E-state index contributed by atoms with van der Waals surface area (Å²) in [6.45, 7) is 2.35. The number of alkyl halides is 1. The van der Waals surface area contributed by atoms with Gasteiger partial charge in [0.05, 0.1) is 11.1 Å². The Balaban J connectivity index is 2.42. The molecule has 1 aliphatic rings. The average molecular weight is 305 g/mol. The molecule has 0 aromatic carbocycles. The topological polar surface area (TPSA) is 59.2 Å². The van der Waals surface area contributed by atoms with Crippen LogP contribution >= 0.6 is 27.5 Å². The van der Waals surface area contributed by atoms with Gasteiger partial charge in [0, 0.05) is 23.6 Å². The van der Waals surface area contributed by atoms with E-state index in [4.69, 9.17) is 17.3 Å². The molecule has 0 radical (unpaired) electrons. The molecule has 0 saturated carbocycles. The quantitative estimate of drug-likeness (QED) is 0.808. The molecule has 16 heavy (non-hydrogen) atoms. The van der Waals surface area contributed by atoms with E-state index in [1.54, 1.807) is 11.1 Å². The number of carbonyl (C=O) groups excluding carboxylic acids is 1. The molecule has 2 N–H and O–H groups in total. The van der Waals surface area contributed by atoms with Crippen LogP contribution in [0.4, 0.5) is 11.5 Å². The van der Waals surface area contributed by atoms with Crippen LogP contribution in [0.2, 0.25) is 0 Å². The summed E-state index contributed by atoms with van der Waals surface area (Å²) in [7, 11) is 0. The number of nitrogens with zero attached hydrogens (tertiary/aromatic N) is 2. The van der Waals surface area contributed by atoms with Crippen molar-refractivity contribution in [1.29, 1.82) is 0 Å². The molecule has 1 saturated heterocycles. The van der Waals surface area contributed by atoms with Gasteiger partial charge in [-0.25, -0.2) is 4.98 Å². The van der Waals surface area contributed by atoms with Gasteiger partial charge in [0.25, 0.3) is 0 Å². The third-order valence-corrected chi connectivity index (χ3v) is 3.73. The zero-order valence-corrected chi connectivity index (χ0v) is 11.0. The Morgan fingerprint density at radius 1 is 1.69 bits per heavy atom. The Morgan fingerprint density at radius 3 is 2.94 bits per heavy atom. The number of anilines is 2. The molecule has 2 heterocycles. The SMILES string of the molecule is Cc1c(Br)cnc(N2CC(Cl)CC2=O)c1N. The van der Waals surface area contributed by atoms with Gasteiger partial charge in [0.1, 0.15) is 0 Å². The van der Waals surface area contributed by atoms with Gasteiger partial charge in [-0.2, -0.15) is 0 Å². The van der Waals surface area contributed by atoms with Crippen molar-refractivity contribution in [3.05, 3.63) is 16.2 Å². The minimum absolute atomic E-state index is 0.0269. The number of hydrogen-bond acceptors (Lipinski definition) is 3. The second-order valence-electron chi connectivity index (χ2n) is 3.77. The van der Waals surface area contributed by atoms with E-state index in [1.807, 2.05) is 6.92 Å². The van der Waals surface area contributed by atoms with Crippen molar-refractivity contribution in [3.8, 4) is 0 Å². The van der Waals surface area contributed by atoms with Crippen LogP contribution in [-0.4, -0.2) is 22.8 Å². The smallest absolute Gasteiger partial charge is 0.229 e. The van der Waals surface area contributed by atoms with Gasteiger partial charge in [0.2, 0.25) is 5.91 Å². The van der Waals surface area contributed by atoms with Crippen LogP contribution in [0.25, 0.3) is 0 Å². The molecule has 1 aromatic heterocycles. The monoisotopic (exact) mass is 303 g/mol. The van der Waals surface area contributed by atoms with Crippen LogP contribution in [0, 0.1) is 6.92 Å². The Labute approximate surface area is 107 Å². The first-order valence-corrected chi connectivity index (χ1v) is 6.08. The molecular formula is C10H11BrClN3O. The molecule has 86 valence electrons. The van der Waals surface area contributed by atoms with E-state index in [0.29, 0.717) is 24.5 Å². The van der Waals surface area contributed by atoms with Crippen molar-refractivity contribution in [2.75, 3.05) is 17.2 Å². The van der Waals surface area contributed by atoms with Crippen molar-refractivity contribution < 1.29 is 4.79 Å². The fraction of sp³-hybridized carbons (Fsp3) is 0.400. The molecule has 0 bridgehead atoms. The molecule has 0 spiro atoms. The maximum atomic E-state index is 11.7. The average Bonchev–Trinajstić information content (AvgIpc) is 2.55. The molecule has 1 unspecified atom stereocenters. The number of amides is 1. The predicted molar refractivity (Wildman–Crippen MR) is 67.7 cm³/mol. The lowest BCUT2D eigenvalue weighted by atomic mass is 10.2. The van der Waals surface area contributed by atoms with Crippen LogP contribution in [-0.2, 0) is 4.79 Å². The Hall–Kier alpha value is -0.810. The minimum Gasteiger partial charge on any atom is -0.395 e. The Kier molecular flexibility index (Phi) is 3.08. The summed E-state index contributed by atoms with van der Waals surface area (Å²) in [6, 6.07) is 0. The zero-order valence-electron chi connectivity index (χ0n) is 8.70. The van der Waals surface area contributed by atoms with E-state index in [-0.39, 0.29) is 11.3 Å². The highest BCUT2D eigenvalue weighted by Gasteiger charge is 2.31. The molecule has 1 amide bonds. The molecule has 4 nitrogen and oxygen atoms in total. The van der Waals surface area contributed by atoms with E-state index in [0.717, 1.165) is 10.0 Å². The normalized spacial score (nSPS) is 20.6. The maximum absolute atomic E-state index is 11.7. The molecule has 1 aliphatic heterocycles. The number of pyridine rings is 1. The van der Waals surface area contributed by atoms with E-state index < -0.39 is 0 Å². The highest BCUT2D eigenvalue weighted by molar-refractivity contribution is 9.10. The second-order valence-corrected chi connectivity index (χ2v) is 5.25. The molecule has 0 aliphatic carbocycles. The van der Waals surface area contributed by atoms with Crippen molar-refractivity contribution in [2.45, 2.75) is 18.7 Å². The Bertz CT molecular complexity index is 452. The first-order chi connectivity index (χ1) is 7.50. The lowest BCUT2D eigenvalue weighted by molar-refractivity contribution is -0.117. The molecular weight excluding hydrogens is 293 g/mol. The van der Waals surface area contributed by atoms with E-state index in [9.17, 15) is 4.79 Å². The zero-order chi connectivity index (χ0) is 11.9. The van der Waals surface area contributed by atoms with Gasteiger partial charge in [0.15, 0.2) is 5.82 Å². The predicted octanol–water partition coefficient (Wildman–Crippen LogP) is 2.08. The minimum atomic E-state index is -0.155. The Morgan fingerprint density at radius 2 is 2.38 bits per heavy atom. The summed E-state index contributed by atoms with van der Waals surface area (Å²) in [5.74, 6) is 0.481. The van der Waals surface area contributed by atoms with Gasteiger partial charge in [-0.05, 0) is 28.4 Å². The molecule has 1 fully saturated rings. The van der Waals surface area contributed by atoms with Crippen LogP contribution in [0.3, 0.4) is 0 Å². The van der Waals surface area contributed by atoms with E-state index in [1.165, 1.54) is 0 Å². The molecule has 1 aromatic rings. The summed E-state index contributed by atoms with van der Waals surface area (Å²) in [4.78, 5) is 17.4. The summed E-state index contributed by atoms with van der Waals surface area (Å²) in [5, 5.41) is -0.155. The molecule has 1 atom stereocenters. The fourth-order valence-corrected chi connectivity index (χ4v) is 2.25. The van der Waals surface area contributed by atoms with E-state index >= 15 is 0 Å². The third kappa shape index (κ3) is 1.89. The third-order valence-electron chi connectivity index (χ3n) is 2.64. The van der Waals surface area contributed by atoms with Gasteiger partial charge in [-0.3, -0.25) is 9.69 Å².